The third-order valence-corrected chi connectivity index (χ3v) is 7.35. The molecule has 6 rings (SSSR count). The van der Waals surface area contributed by atoms with Gasteiger partial charge < -0.3 is 20.2 Å². The highest BCUT2D eigenvalue weighted by Gasteiger charge is 2.41. The Kier molecular flexibility index (Phi) is 4.73. The zero-order chi connectivity index (χ0) is 21.7. The number of rotatable bonds is 5. The van der Waals surface area contributed by atoms with E-state index in [-0.39, 0.29) is 6.04 Å². The summed E-state index contributed by atoms with van der Waals surface area (Å²) in [4.78, 5) is 22.4. The van der Waals surface area contributed by atoms with Gasteiger partial charge in [0.05, 0.1) is 11.2 Å². The van der Waals surface area contributed by atoms with Gasteiger partial charge in [0.15, 0.2) is 5.65 Å². The van der Waals surface area contributed by atoms with Crippen molar-refractivity contribution in [3.63, 3.8) is 0 Å². The number of benzene rings is 1. The number of piperidine rings is 1. The van der Waals surface area contributed by atoms with E-state index >= 15 is 0 Å². The van der Waals surface area contributed by atoms with Crippen molar-refractivity contribution in [1.82, 2.24) is 20.2 Å². The molecule has 2 amide bonds. The average molecular weight is 450 g/mol. The fourth-order valence-corrected chi connectivity index (χ4v) is 5.94. The fourth-order valence-electron chi connectivity index (χ4n) is 5.14. The number of primary amides is 1. The van der Waals surface area contributed by atoms with Crippen LogP contribution in [0.1, 0.15) is 31.4 Å². The van der Waals surface area contributed by atoms with Gasteiger partial charge in [-0.2, -0.15) is 4.98 Å². The van der Waals surface area contributed by atoms with Gasteiger partial charge in [-0.15, -0.1) is 0 Å². The van der Waals surface area contributed by atoms with Crippen LogP contribution in [0.25, 0.3) is 21.3 Å². The molecule has 0 spiro atoms. The lowest BCUT2D eigenvalue weighted by Crippen LogP contribution is -2.50. The minimum absolute atomic E-state index is 0.175. The third kappa shape index (κ3) is 3.67. The van der Waals surface area contributed by atoms with E-state index in [4.69, 9.17) is 14.9 Å². The number of carbonyl (C=O) groups excluding carboxylic acids is 1. The highest BCUT2D eigenvalue weighted by Crippen LogP contribution is 2.38. The molecule has 2 aliphatic heterocycles. The lowest BCUT2D eigenvalue weighted by atomic mass is 9.97. The van der Waals surface area contributed by atoms with Crippen LogP contribution in [0.4, 0.5) is 4.79 Å². The van der Waals surface area contributed by atoms with Gasteiger partial charge in [0, 0.05) is 29.7 Å². The number of nitrogens with two attached hydrogens (primary N) is 1. The summed E-state index contributed by atoms with van der Waals surface area (Å²) in [7, 11) is 0. The zero-order valence-electron chi connectivity index (χ0n) is 17.4. The number of pyridine rings is 1. The van der Waals surface area contributed by atoms with Crippen molar-refractivity contribution in [3.05, 3.63) is 48.4 Å². The van der Waals surface area contributed by atoms with Crippen LogP contribution in [0.5, 0.6) is 10.9 Å². The molecule has 2 aliphatic rings. The number of hydrogen-bond acceptors (Lipinski definition) is 7. The van der Waals surface area contributed by atoms with Crippen LogP contribution in [0.2, 0.25) is 0 Å². The monoisotopic (exact) mass is 449 g/mol. The number of hydrogen-bond donors (Lipinski definition) is 2. The molecule has 9 heteroatoms. The number of ether oxygens (including phenoxy) is 1. The highest BCUT2D eigenvalue weighted by molar-refractivity contribution is 7.20. The van der Waals surface area contributed by atoms with Gasteiger partial charge in [0.1, 0.15) is 17.1 Å². The number of carbonyl (C=O) groups is 1. The quantitative estimate of drug-likeness (QED) is 0.468. The van der Waals surface area contributed by atoms with Gasteiger partial charge in [-0.05, 0) is 62.1 Å². The smallest absolute Gasteiger partial charge is 0.312 e. The van der Waals surface area contributed by atoms with E-state index in [0.717, 1.165) is 59.4 Å². The summed E-state index contributed by atoms with van der Waals surface area (Å²) < 4.78 is 13.1. The molecule has 0 radical (unpaired) electrons. The summed E-state index contributed by atoms with van der Waals surface area (Å²) in [5.74, 6) is 1.67. The maximum atomic E-state index is 11.2. The topological polar surface area (TPSA) is 107 Å². The normalized spacial score (nSPS) is 23.1. The average Bonchev–Trinajstić information content (AvgIpc) is 3.41. The van der Waals surface area contributed by atoms with Crippen LogP contribution in [0, 0.1) is 0 Å². The molecule has 32 heavy (non-hydrogen) atoms. The van der Waals surface area contributed by atoms with Gasteiger partial charge in [-0.3, -0.25) is 4.90 Å². The van der Waals surface area contributed by atoms with Crippen molar-refractivity contribution >= 4 is 38.7 Å². The van der Waals surface area contributed by atoms with Gasteiger partial charge in [-0.1, -0.05) is 11.3 Å². The molecule has 1 aromatic carbocycles. The Balaban J connectivity index is 1.17. The Bertz CT molecular complexity index is 1250. The van der Waals surface area contributed by atoms with Crippen LogP contribution in [-0.4, -0.2) is 39.0 Å². The summed E-state index contributed by atoms with van der Waals surface area (Å²) in [5, 5.41) is 4.47. The lowest BCUT2D eigenvalue weighted by molar-refractivity contribution is 0.104. The van der Waals surface area contributed by atoms with E-state index in [9.17, 15) is 4.79 Å². The third-order valence-electron chi connectivity index (χ3n) is 6.46. The number of amides is 2. The van der Waals surface area contributed by atoms with Crippen LogP contribution in [0.3, 0.4) is 0 Å². The highest BCUT2D eigenvalue weighted by atomic mass is 32.1. The van der Waals surface area contributed by atoms with E-state index in [0.29, 0.717) is 22.9 Å². The number of nitrogens with one attached hydrogen (secondary N) is 1. The molecule has 3 aromatic heterocycles. The minimum Gasteiger partial charge on any atom is -0.460 e. The van der Waals surface area contributed by atoms with Crippen molar-refractivity contribution < 1.29 is 13.9 Å². The van der Waals surface area contributed by atoms with Crippen LogP contribution in [-0.2, 0) is 6.54 Å². The first-order valence-electron chi connectivity index (χ1n) is 10.8. The Morgan fingerprint density at radius 2 is 2.09 bits per heavy atom. The van der Waals surface area contributed by atoms with Crippen molar-refractivity contribution in [2.24, 2.45) is 5.73 Å². The van der Waals surface area contributed by atoms with E-state index in [1.807, 2.05) is 30.3 Å². The maximum Gasteiger partial charge on any atom is 0.312 e. The van der Waals surface area contributed by atoms with Gasteiger partial charge in [-0.25, -0.2) is 9.78 Å². The number of thiazole rings is 1. The Morgan fingerprint density at radius 1 is 1.25 bits per heavy atom. The molecule has 2 fully saturated rings. The molecule has 5 heterocycles. The van der Waals surface area contributed by atoms with Crippen molar-refractivity contribution in [2.75, 3.05) is 0 Å². The SMILES string of the molecule is NC(=O)NC1CC2CCC(C1)N2Cc1cc2cc(Oc3nc4ncccc4s3)ccc2o1. The molecular weight excluding hydrogens is 426 g/mol. The second-order valence-electron chi connectivity index (χ2n) is 8.55. The van der Waals surface area contributed by atoms with Crippen molar-refractivity contribution in [3.8, 4) is 10.9 Å². The summed E-state index contributed by atoms with van der Waals surface area (Å²) in [6.07, 6.45) is 5.91. The molecule has 2 bridgehead atoms. The lowest BCUT2D eigenvalue weighted by Gasteiger charge is -2.38. The fraction of sp³-hybridized carbons (Fsp3) is 0.348. The number of furan rings is 1. The predicted molar refractivity (Wildman–Crippen MR) is 122 cm³/mol. The number of nitrogens with zero attached hydrogens (tertiary/aromatic N) is 3. The van der Waals surface area contributed by atoms with Crippen molar-refractivity contribution in [1.29, 1.82) is 0 Å². The van der Waals surface area contributed by atoms with E-state index in [1.165, 1.54) is 11.3 Å². The Labute approximate surface area is 188 Å². The first-order chi connectivity index (χ1) is 15.6. The number of urea groups is 1. The molecule has 3 N–H and O–H groups in total. The van der Waals surface area contributed by atoms with Crippen LogP contribution in [0.15, 0.2) is 47.0 Å². The zero-order valence-corrected chi connectivity index (χ0v) is 18.2. The second-order valence-corrected chi connectivity index (χ2v) is 9.55. The number of fused-ring (bicyclic) bond motifs is 4. The first-order valence-corrected chi connectivity index (χ1v) is 11.7. The molecule has 4 aromatic rings. The molecule has 2 saturated heterocycles. The summed E-state index contributed by atoms with van der Waals surface area (Å²) in [6.45, 7) is 0.771. The molecular formula is C23H23N5O3S. The largest absolute Gasteiger partial charge is 0.460 e. The number of aromatic nitrogens is 2. The van der Waals surface area contributed by atoms with Crippen LogP contribution >= 0.6 is 11.3 Å². The van der Waals surface area contributed by atoms with Crippen LogP contribution < -0.4 is 15.8 Å². The molecule has 164 valence electrons. The van der Waals surface area contributed by atoms with Gasteiger partial charge in [0.2, 0.25) is 0 Å². The van der Waals surface area contributed by atoms with Gasteiger partial charge >= 0.3 is 6.03 Å². The van der Waals surface area contributed by atoms with E-state index < -0.39 is 6.03 Å². The minimum atomic E-state index is -0.430. The van der Waals surface area contributed by atoms with E-state index in [2.05, 4.69) is 26.3 Å². The van der Waals surface area contributed by atoms with E-state index in [1.54, 1.807) is 6.20 Å². The Hall–Kier alpha value is -3.17. The molecule has 0 aliphatic carbocycles. The molecule has 8 nitrogen and oxygen atoms in total. The second kappa shape index (κ2) is 7.75. The summed E-state index contributed by atoms with van der Waals surface area (Å²) in [5.41, 5.74) is 6.86. The maximum absolute atomic E-state index is 11.2. The first kappa shape index (κ1) is 19.5. The standard InChI is InChI=1S/C23H23N5O3S/c24-22(29)26-14-10-15-3-4-16(11-14)28(15)12-18-9-13-8-17(5-6-19(13)30-18)31-23-27-21-20(32-23)2-1-7-25-21/h1-2,5-9,14-16H,3-4,10-12H2,(H3,24,26,29). The molecule has 2 unspecified atom stereocenters. The summed E-state index contributed by atoms with van der Waals surface area (Å²) in [6, 6.07) is 12.4. The molecule has 0 saturated carbocycles. The summed E-state index contributed by atoms with van der Waals surface area (Å²) >= 11 is 1.48. The molecule has 2 atom stereocenters. The Morgan fingerprint density at radius 3 is 2.88 bits per heavy atom. The predicted octanol–water partition coefficient (Wildman–Crippen LogP) is 4.39. The van der Waals surface area contributed by atoms with Crippen molar-refractivity contribution in [2.45, 2.75) is 50.4 Å². The van der Waals surface area contributed by atoms with Gasteiger partial charge in [0.25, 0.3) is 5.19 Å².